The fourth-order valence-electron chi connectivity index (χ4n) is 2.22. The van der Waals surface area contributed by atoms with Gasteiger partial charge in [-0.15, -0.1) is 0 Å². The van der Waals surface area contributed by atoms with Crippen LogP contribution in [0.15, 0.2) is 22.8 Å². The minimum atomic E-state index is 0.568. The Bertz CT molecular complexity index is 299. The van der Waals surface area contributed by atoms with Crippen molar-refractivity contribution in [2.24, 2.45) is 0 Å². The predicted octanol–water partition coefficient (Wildman–Crippen LogP) is 0.615. The van der Waals surface area contributed by atoms with Crippen LogP contribution in [-0.4, -0.2) is 56.1 Å². The molecule has 4 heteroatoms. The highest BCUT2D eigenvalue weighted by atomic mass is 16.3. The number of hydrogen-bond donors (Lipinski definition) is 1. The first-order valence-corrected chi connectivity index (χ1v) is 5.87. The zero-order valence-electron chi connectivity index (χ0n) is 10.1. The van der Waals surface area contributed by atoms with E-state index in [0.29, 0.717) is 6.04 Å². The molecule has 1 aromatic heterocycles. The van der Waals surface area contributed by atoms with Crippen molar-refractivity contribution in [2.45, 2.75) is 12.6 Å². The molecule has 0 radical (unpaired) electrons. The minimum Gasteiger partial charge on any atom is -0.468 e. The predicted molar refractivity (Wildman–Crippen MR) is 64.3 cm³/mol. The molecule has 1 unspecified atom stereocenters. The third-order valence-electron chi connectivity index (χ3n) is 3.00. The number of piperazine rings is 1. The molecule has 0 aliphatic carbocycles. The fourth-order valence-corrected chi connectivity index (χ4v) is 2.22. The molecule has 2 heterocycles. The van der Waals surface area contributed by atoms with Crippen LogP contribution >= 0.6 is 0 Å². The molecule has 1 saturated heterocycles. The van der Waals surface area contributed by atoms with E-state index in [-0.39, 0.29) is 0 Å². The lowest BCUT2D eigenvalue weighted by molar-refractivity contribution is 0.187. The monoisotopic (exact) mass is 223 g/mol. The van der Waals surface area contributed by atoms with Gasteiger partial charge in [0.1, 0.15) is 5.76 Å². The lowest BCUT2D eigenvalue weighted by Crippen LogP contribution is -2.53. The molecule has 0 amide bonds. The molecule has 0 saturated carbocycles. The van der Waals surface area contributed by atoms with Crippen molar-refractivity contribution < 1.29 is 4.42 Å². The normalized spacial score (nSPS) is 22.8. The van der Waals surface area contributed by atoms with Gasteiger partial charge >= 0.3 is 0 Å². The van der Waals surface area contributed by atoms with Gasteiger partial charge in [0, 0.05) is 32.2 Å². The van der Waals surface area contributed by atoms with Gasteiger partial charge in [-0.3, -0.25) is 4.90 Å². The second kappa shape index (κ2) is 5.48. The maximum absolute atomic E-state index is 5.34. The maximum atomic E-state index is 5.34. The van der Waals surface area contributed by atoms with E-state index in [1.807, 2.05) is 12.1 Å². The molecule has 4 nitrogen and oxygen atoms in total. The summed E-state index contributed by atoms with van der Waals surface area (Å²) in [6.45, 7) is 5.32. The molecule has 0 spiro atoms. The van der Waals surface area contributed by atoms with Crippen molar-refractivity contribution in [3.05, 3.63) is 24.2 Å². The van der Waals surface area contributed by atoms with Crippen molar-refractivity contribution >= 4 is 0 Å². The second-order valence-corrected chi connectivity index (χ2v) is 4.69. The van der Waals surface area contributed by atoms with Gasteiger partial charge in [-0.25, -0.2) is 0 Å². The topological polar surface area (TPSA) is 31.6 Å². The third kappa shape index (κ3) is 3.33. The van der Waals surface area contributed by atoms with Gasteiger partial charge in [-0.05, 0) is 26.2 Å². The first-order chi connectivity index (χ1) is 7.74. The molecule has 1 aliphatic rings. The fraction of sp³-hybridized carbons (Fsp3) is 0.667. The van der Waals surface area contributed by atoms with E-state index in [1.54, 1.807) is 6.26 Å². The van der Waals surface area contributed by atoms with Crippen LogP contribution in [0.4, 0.5) is 0 Å². The Morgan fingerprint density at radius 2 is 2.50 bits per heavy atom. The number of nitrogens with one attached hydrogen (secondary N) is 1. The van der Waals surface area contributed by atoms with Crippen LogP contribution in [0, 0.1) is 0 Å². The Hall–Kier alpha value is -0.840. The highest BCUT2D eigenvalue weighted by Gasteiger charge is 2.17. The Kier molecular flexibility index (Phi) is 3.98. The van der Waals surface area contributed by atoms with Gasteiger partial charge < -0.3 is 14.6 Å². The van der Waals surface area contributed by atoms with Crippen LogP contribution < -0.4 is 5.32 Å². The van der Waals surface area contributed by atoms with Gasteiger partial charge in [0.15, 0.2) is 0 Å². The molecule has 2 rings (SSSR count). The van der Waals surface area contributed by atoms with E-state index in [1.165, 1.54) is 0 Å². The summed E-state index contributed by atoms with van der Waals surface area (Å²) in [7, 11) is 4.32. The van der Waals surface area contributed by atoms with Crippen molar-refractivity contribution in [1.29, 1.82) is 0 Å². The number of hydrogen-bond acceptors (Lipinski definition) is 4. The van der Waals surface area contributed by atoms with Crippen LogP contribution in [0.25, 0.3) is 0 Å². The molecule has 16 heavy (non-hydrogen) atoms. The van der Waals surface area contributed by atoms with Crippen molar-refractivity contribution in [2.75, 3.05) is 40.3 Å². The summed E-state index contributed by atoms with van der Waals surface area (Å²) in [5, 5.41) is 3.55. The van der Waals surface area contributed by atoms with E-state index in [2.05, 4.69) is 29.2 Å². The van der Waals surface area contributed by atoms with Crippen LogP contribution in [0.1, 0.15) is 5.76 Å². The molecule has 90 valence electrons. The van der Waals surface area contributed by atoms with Crippen LogP contribution in [0.5, 0.6) is 0 Å². The smallest absolute Gasteiger partial charge is 0.117 e. The summed E-state index contributed by atoms with van der Waals surface area (Å²) >= 11 is 0. The Balaban J connectivity index is 1.76. The van der Waals surface area contributed by atoms with Gasteiger partial charge in [-0.2, -0.15) is 0 Å². The quantitative estimate of drug-likeness (QED) is 0.810. The van der Waals surface area contributed by atoms with E-state index in [0.717, 1.165) is 38.5 Å². The lowest BCUT2D eigenvalue weighted by Gasteiger charge is -2.33. The molecule has 1 aliphatic heterocycles. The van der Waals surface area contributed by atoms with E-state index < -0.39 is 0 Å². The number of likely N-dealkylation sites (N-methyl/N-ethyl adjacent to an activating group) is 2. The zero-order chi connectivity index (χ0) is 11.4. The average Bonchev–Trinajstić information content (AvgIpc) is 2.70. The van der Waals surface area contributed by atoms with E-state index >= 15 is 0 Å². The first kappa shape index (κ1) is 11.6. The molecule has 1 N–H and O–H groups in total. The van der Waals surface area contributed by atoms with Crippen molar-refractivity contribution in [1.82, 2.24) is 15.1 Å². The van der Waals surface area contributed by atoms with Gasteiger partial charge in [-0.1, -0.05) is 0 Å². The summed E-state index contributed by atoms with van der Waals surface area (Å²) in [4.78, 5) is 4.68. The molecule has 1 fully saturated rings. The first-order valence-electron chi connectivity index (χ1n) is 5.87. The average molecular weight is 223 g/mol. The van der Waals surface area contributed by atoms with E-state index in [4.69, 9.17) is 4.42 Å². The van der Waals surface area contributed by atoms with Gasteiger partial charge in [0.05, 0.1) is 12.8 Å². The number of furan rings is 1. The molecule has 1 atom stereocenters. The maximum Gasteiger partial charge on any atom is 0.117 e. The van der Waals surface area contributed by atoms with Gasteiger partial charge in [0.2, 0.25) is 0 Å². The van der Waals surface area contributed by atoms with Crippen molar-refractivity contribution in [3.8, 4) is 0 Å². The second-order valence-electron chi connectivity index (χ2n) is 4.69. The molecule has 1 aromatic rings. The lowest BCUT2D eigenvalue weighted by atomic mass is 10.2. The molecular weight excluding hydrogens is 202 g/mol. The molecule has 0 bridgehead atoms. The number of nitrogens with zero attached hydrogens (tertiary/aromatic N) is 2. The molecular formula is C12H21N3O. The summed E-state index contributed by atoms with van der Waals surface area (Å²) < 4.78 is 5.34. The Labute approximate surface area is 97.2 Å². The SMILES string of the molecule is CN1CCNC(CN(C)Cc2ccco2)C1. The summed E-state index contributed by atoms with van der Waals surface area (Å²) in [6, 6.07) is 4.53. The number of rotatable bonds is 4. The summed E-state index contributed by atoms with van der Waals surface area (Å²) in [5.41, 5.74) is 0. The third-order valence-corrected chi connectivity index (χ3v) is 3.00. The van der Waals surface area contributed by atoms with E-state index in [9.17, 15) is 0 Å². The van der Waals surface area contributed by atoms with Crippen LogP contribution in [0.2, 0.25) is 0 Å². The zero-order valence-corrected chi connectivity index (χ0v) is 10.1. The van der Waals surface area contributed by atoms with Crippen LogP contribution in [0.3, 0.4) is 0 Å². The minimum absolute atomic E-state index is 0.568. The largest absolute Gasteiger partial charge is 0.468 e. The highest BCUT2D eigenvalue weighted by molar-refractivity contribution is 4.97. The Morgan fingerprint density at radius 1 is 1.62 bits per heavy atom. The Morgan fingerprint density at radius 3 is 3.19 bits per heavy atom. The summed E-state index contributed by atoms with van der Waals surface area (Å²) in [5.74, 6) is 1.03. The molecule has 0 aromatic carbocycles. The van der Waals surface area contributed by atoms with Crippen molar-refractivity contribution in [3.63, 3.8) is 0 Å². The van der Waals surface area contributed by atoms with Crippen LogP contribution in [-0.2, 0) is 6.54 Å². The summed E-state index contributed by atoms with van der Waals surface area (Å²) in [6.07, 6.45) is 1.73. The highest BCUT2D eigenvalue weighted by Crippen LogP contribution is 2.05. The standard InChI is InChI=1S/C12H21N3O/c1-14-6-5-13-11(8-14)9-15(2)10-12-4-3-7-16-12/h3-4,7,11,13H,5-6,8-10H2,1-2H3. The van der Waals surface area contributed by atoms with Gasteiger partial charge in [0.25, 0.3) is 0 Å².